The van der Waals surface area contributed by atoms with E-state index in [2.05, 4.69) is 20.9 Å². The fourth-order valence-electron chi connectivity index (χ4n) is 1.31. The van der Waals surface area contributed by atoms with Crippen LogP contribution in [-0.4, -0.2) is 16.7 Å². The van der Waals surface area contributed by atoms with E-state index in [0.717, 1.165) is 20.7 Å². The molecular formula is C11H9BrClNOS. The smallest absolute Gasteiger partial charge is 0.125 e. The average Bonchev–Trinajstić information content (AvgIpc) is 2.62. The number of aromatic nitrogens is 1. The first-order valence-electron chi connectivity index (χ1n) is 4.72. The number of thiazole rings is 1. The second-order valence-corrected chi connectivity index (χ2v) is 5.74. The van der Waals surface area contributed by atoms with Gasteiger partial charge in [0.1, 0.15) is 9.34 Å². The third-order valence-electron chi connectivity index (χ3n) is 2.09. The number of aliphatic hydroxyl groups excluding tert-OH is 1. The first-order chi connectivity index (χ1) is 7.70. The van der Waals surface area contributed by atoms with Crippen molar-refractivity contribution in [3.8, 4) is 10.6 Å². The first-order valence-corrected chi connectivity index (χ1v) is 6.71. The fourth-order valence-corrected chi connectivity index (χ4v) is 2.77. The Morgan fingerprint density at radius 3 is 2.62 bits per heavy atom. The van der Waals surface area contributed by atoms with E-state index in [0.29, 0.717) is 10.8 Å². The maximum atomic E-state index is 8.86. The van der Waals surface area contributed by atoms with Crippen molar-refractivity contribution >= 4 is 38.9 Å². The standard InChI is InChI=1S/C11H9BrClNOS/c12-8-3-1-7(2-4-8)11-14-9(5-6-15)10(13)16-11/h1-4,15H,5-6H2. The SMILES string of the molecule is OCCc1nc(-c2ccc(Br)cc2)sc1Cl. The number of benzene rings is 1. The number of rotatable bonds is 3. The zero-order valence-corrected chi connectivity index (χ0v) is 11.4. The Bertz CT molecular complexity index is 483. The van der Waals surface area contributed by atoms with Crippen molar-refractivity contribution in [1.29, 1.82) is 0 Å². The summed E-state index contributed by atoms with van der Waals surface area (Å²) in [4.78, 5) is 4.41. The van der Waals surface area contributed by atoms with Crippen LogP contribution in [0.2, 0.25) is 4.34 Å². The van der Waals surface area contributed by atoms with Crippen LogP contribution in [0.15, 0.2) is 28.7 Å². The highest BCUT2D eigenvalue weighted by atomic mass is 79.9. The van der Waals surface area contributed by atoms with E-state index in [9.17, 15) is 0 Å². The minimum atomic E-state index is 0.0726. The molecule has 1 heterocycles. The molecule has 0 unspecified atom stereocenters. The zero-order valence-electron chi connectivity index (χ0n) is 8.28. The number of aliphatic hydroxyl groups is 1. The quantitative estimate of drug-likeness (QED) is 0.934. The topological polar surface area (TPSA) is 33.1 Å². The van der Waals surface area contributed by atoms with Crippen LogP contribution in [0.5, 0.6) is 0 Å². The molecular weight excluding hydrogens is 310 g/mol. The monoisotopic (exact) mass is 317 g/mol. The molecule has 0 aliphatic heterocycles. The molecule has 2 nitrogen and oxygen atoms in total. The molecule has 0 fully saturated rings. The Labute approximate surface area is 111 Å². The van der Waals surface area contributed by atoms with Gasteiger partial charge in [0.05, 0.1) is 5.69 Å². The molecule has 0 radical (unpaired) electrons. The minimum absolute atomic E-state index is 0.0726. The van der Waals surface area contributed by atoms with Gasteiger partial charge in [0.25, 0.3) is 0 Å². The van der Waals surface area contributed by atoms with E-state index in [-0.39, 0.29) is 6.61 Å². The van der Waals surface area contributed by atoms with Gasteiger partial charge in [-0.1, -0.05) is 39.7 Å². The summed E-state index contributed by atoms with van der Waals surface area (Å²) in [5.74, 6) is 0. The van der Waals surface area contributed by atoms with Gasteiger partial charge in [-0.3, -0.25) is 0 Å². The van der Waals surface area contributed by atoms with Crippen molar-refractivity contribution in [2.24, 2.45) is 0 Å². The van der Waals surface area contributed by atoms with Crippen LogP contribution < -0.4 is 0 Å². The summed E-state index contributed by atoms with van der Waals surface area (Å²) in [6, 6.07) is 7.91. The lowest BCUT2D eigenvalue weighted by Crippen LogP contribution is -1.91. The van der Waals surface area contributed by atoms with Crippen molar-refractivity contribution < 1.29 is 5.11 Å². The lowest BCUT2D eigenvalue weighted by Gasteiger charge is -1.95. The van der Waals surface area contributed by atoms with Crippen LogP contribution in [0.4, 0.5) is 0 Å². The number of hydrogen-bond acceptors (Lipinski definition) is 3. The maximum Gasteiger partial charge on any atom is 0.125 e. The molecule has 16 heavy (non-hydrogen) atoms. The third-order valence-corrected chi connectivity index (χ3v) is 4.00. The Kier molecular flexibility index (Phi) is 3.97. The summed E-state index contributed by atoms with van der Waals surface area (Å²) >= 11 is 10.9. The first kappa shape index (κ1) is 12.0. The zero-order chi connectivity index (χ0) is 11.5. The van der Waals surface area contributed by atoms with E-state index in [1.807, 2.05) is 24.3 Å². The molecule has 1 N–H and O–H groups in total. The lowest BCUT2D eigenvalue weighted by molar-refractivity contribution is 0.298. The van der Waals surface area contributed by atoms with E-state index in [1.54, 1.807) is 0 Å². The van der Waals surface area contributed by atoms with Gasteiger partial charge in [-0.25, -0.2) is 4.98 Å². The highest BCUT2D eigenvalue weighted by Crippen LogP contribution is 2.32. The van der Waals surface area contributed by atoms with Crippen molar-refractivity contribution in [3.05, 3.63) is 38.8 Å². The van der Waals surface area contributed by atoms with Gasteiger partial charge >= 0.3 is 0 Å². The molecule has 0 amide bonds. The highest BCUT2D eigenvalue weighted by molar-refractivity contribution is 9.10. The molecule has 0 spiro atoms. The molecule has 2 rings (SSSR count). The van der Waals surface area contributed by atoms with Gasteiger partial charge in [0, 0.05) is 23.1 Å². The molecule has 1 aromatic carbocycles. The van der Waals surface area contributed by atoms with Crippen LogP contribution >= 0.6 is 38.9 Å². The fraction of sp³-hybridized carbons (Fsp3) is 0.182. The highest BCUT2D eigenvalue weighted by Gasteiger charge is 2.10. The van der Waals surface area contributed by atoms with Crippen LogP contribution in [0.3, 0.4) is 0 Å². The van der Waals surface area contributed by atoms with Gasteiger partial charge in [0.15, 0.2) is 0 Å². The molecule has 0 saturated heterocycles. The Hall–Kier alpha value is -0.420. The van der Waals surface area contributed by atoms with E-state index < -0.39 is 0 Å². The third kappa shape index (κ3) is 2.63. The van der Waals surface area contributed by atoms with Crippen molar-refractivity contribution in [1.82, 2.24) is 4.98 Å². The van der Waals surface area contributed by atoms with Crippen LogP contribution in [0.25, 0.3) is 10.6 Å². The summed E-state index contributed by atoms with van der Waals surface area (Å²) in [5.41, 5.74) is 1.81. The predicted molar refractivity (Wildman–Crippen MR) is 71.0 cm³/mol. The van der Waals surface area contributed by atoms with E-state index in [1.165, 1.54) is 11.3 Å². The van der Waals surface area contributed by atoms with Crippen LogP contribution in [-0.2, 0) is 6.42 Å². The molecule has 5 heteroatoms. The summed E-state index contributed by atoms with van der Waals surface area (Å²) in [7, 11) is 0. The molecule has 0 bridgehead atoms. The number of nitrogens with zero attached hydrogens (tertiary/aromatic N) is 1. The Morgan fingerprint density at radius 1 is 1.31 bits per heavy atom. The van der Waals surface area contributed by atoms with Gasteiger partial charge in [-0.05, 0) is 12.1 Å². The van der Waals surface area contributed by atoms with Crippen LogP contribution in [0.1, 0.15) is 5.69 Å². The van der Waals surface area contributed by atoms with Gasteiger partial charge in [-0.2, -0.15) is 0 Å². The average molecular weight is 319 g/mol. The second-order valence-electron chi connectivity index (χ2n) is 3.22. The Balaban J connectivity index is 2.33. The lowest BCUT2D eigenvalue weighted by atomic mass is 10.2. The molecule has 1 aromatic heterocycles. The van der Waals surface area contributed by atoms with Crippen molar-refractivity contribution in [2.45, 2.75) is 6.42 Å². The second kappa shape index (κ2) is 5.27. The van der Waals surface area contributed by atoms with Gasteiger partial charge < -0.3 is 5.11 Å². The summed E-state index contributed by atoms with van der Waals surface area (Å²) in [6.45, 7) is 0.0726. The summed E-state index contributed by atoms with van der Waals surface area (Å²) in [6.07, 6.45) is 0.506. The van der Waals surface area contributed by atoms with E-state index in [4.69, 9.17) is 16.7 Å². The van der Waals surface area contributed by atoms with Gasteiger partial charge in [-0.15, -0.1) is 11.3 Å². The summed E-state index contributed by atoms with van der Waals surface area (Å²) in [5, 5.41) is 9.75. The van der Waals surface area contributed by atoms with Gasteiger partial charge in [0.2, 0.25) is 0 Å². The molecule has 0 atom stereocenters. The van der Waals surface area contributed by atoms with Crippen LogP contribution in [0, 0.1) is 0 Å². The summed E-state index contributed by atoms with van der Waals surface area (Å²) < 4.78 is 1.70. The number of hydrogen-bond donors (Lipinski definition) is 1. The number of halogens is 2. The Morgan fingerprint density at radius 2 is 2.00 bits per heavy atom. The van der Waals surface area contributed by atoms with E-state index >= 15 is 0 Å². The molecule has 0 aliphatic carbocycles. The normalized spacial score (nSPS) is 10.7. The van der Waals surface area contributed by atoms with Crippen molar-refractivity contribution in [3.63, 3.8) is 0 Å². The molecule has 2 aromatic rings. The molecule has 0 saturated carbocycles. The largest absolute Gasteiger partial charge is 0.396 e. The maximum absolute atomic E-state index is 8.86. The molecule has 0 aliphatic rings. The molecule has 84 valence electrons. The minimum Gasteiger partial charge on any atom is -0.396 e. The predicted octanol–water partition coefficient (Wildman–Crippen LogP) is 3.76. The van der Waals surface area contributed by atoms with Crippen molar-refractivity contribution in [2.75, 3.05) is 6.61 Å².